The van der Waals surface area contributed by atoms with Crippen LogP contribution in [0.1, 0.15) is 37.4 Å². The Bertz CT molecular complexity index is 559. The first-order valence-electron chi connectivity index (χ1n) is 6.95. The smallest absolute Gasteiger partial charge is 0.0964 e. The monoisotopic (exact) mass is 296 g/mol. The van der Waals surface area contributed by atoms with Gasteiger partial charge in [0.25, 0.3) is 0 Å². The topological polar surface area (TPSA) is 60.6 Å². The fourth-order valence-corrected chi connectivity index (χ4v) is 2.39. The average molecular weight is 297 g/mol. The van der Waals surface area contributed by atoms with E-state index in [2.05, 4.69) is 27.7 Å². The molecule has 6 nitrogen and oxygen atoms in total. The van der Waals surface area contributed by atoms with E-state index in [1.54, 1.807) is 4.68 Å². The molecule has 0 amide bonds. The summed E-state index contributed by atoms with van der Waals surface area (Å²) in [6, 6.07) is 0. The van der Waals surface area contributed by atoms with Crippen LogP contribution < -0.4 is 5.32 Å². The van der Waals surface area contributed by atoms with Gasteiger partial charge in [-0.25, -0.2) is 4.68 Å². The normalized spacial score (nSPS) is 11.2. The van der Waals surface area contributed by atoms with E-state index in [1.165, 1.54) is 0 Å². The van der Waals surface area contributed by atoms with Gasteiger partial charge in [0.05, 0.1) is 34.8 Å². The van der Waals surface area contributed by atoms with Gasteiger partial charge in [-0.1, -0.05) is 30.7 Å². The first kappa shape index (κ1) is 15.0. The highest BCUT2D eigenvalue weighted by molar-refractivity contribution is 6.31. The summed E-state index contributed by atoms with van der Waals surface area (Å²) in [6.45, 7) is 6.50. The van der Waals surface area contributed by atoms with Gasteiger partial charge >= 0.3 is 0 Å². The predicted octanol–water partition coefficient (Wildman–Crippen LogP) is 1.78. The third-order valence-corrected chi connectivity index (χ3v) is 3.57. The molecule has 110 valence electrons. The average Bonchev–Trinajstić information content (AvgIpc) is 2.99. The van der Waals surface area contributed by atoms with Crippen molar-refractivity contribution >= 4 is 11.6 Å². The molecule has 0 bridgehead atoms. The molecule has 2 aromatic rings. The Morgan fingerprint density at radius 3 is 2.80 bits per heavy atom. The molecule has 0 unspecified atom stereocenters. The standard InChI is InChI=1S/C13H21ClN6/c1-4-6-15-7-10-8-20(18-16-10)9-12-13(14)11(5-2)17-19(12)3/h8,15H,4-7,9H2,1-3H3. The molecule has 1 N–H and O–H groups in total. The maximum atomic E-state index is 6.33. The van der Waals surface area contributed by atoms with E-state index in [0.29, 0.717) is 6.54 Å². The fraction of sp³-hybridized carbons (Fsp3) is 0.615. The molecule has 0 aromatic carbocycles. The van der Waals surface area contributed by atoms with Gasteiger partial charge in [-0.15, -0.1) is 5.10 Å². The molecular weight excluding hydrogens is 276 g/mol. The largest absolute Gasteiger partial charge is 0.311 e. The Hall–Kier alpha value is -1.40. The van der Waals surface area contributed by atoms with Crippen molar-refractivity contribution in [2.24, 2.45) is 7.05 Å². The molecule has 20 heavy (non-hydrogen) atoms. The van der Waals surface area contributed by atoms with Crippen molar-refractivity contribution in [3.8, 4) is 0 Å². The second kappa shape index (κ2) is 6.85. The van der Waals surface area contributed by atoms with Crippen LogP contribution in [0, 0.1) is 0 Å². The van der Waals surface area contributed by atoms with E-state index in [-0.39, 0.29) is 0 Å². The van der Waals surface area contributed by atoms with E-state index >= 15 is 0 Å². The van der Waals surface area contributed by atoms with Crippen LogP contribution in [-0.2, 0) is 26.6 Å². The molecule has 2 aromatic heterocycles. The summed E-state index contributed by atoms with van der Waals surface area (Å²) in [5.74, 6) is 0. The highest BCUT2D eigenvalue weighted by Gasteiger charge is 2.14. The van der Waals surface area contributed by atoms with Gasteiger partial charge in [-0.2, -0.15) is 5.10 Å². The van der Waals surface area contributed by atoms with Crippen molar-refractivity contribution in [2.45, 2.75) is 39.8 Å². The SMILES string of the molecule is CCCNCc1cn(Cc2c(Cl)c(CC)nn2C)nn1. The molecule has 0 aliphatic heterocycles. The third-order valence-electron chi connectivity index (χ3n) is 3.13. The third kappa shape index (κ3) is 3.37. The van der Waals surface area contributed by atoms with E-state index in [4.69, 9.17) is 11.6 Å². The molecule has 0 saturated heterocycles. The number of hydrogen-bond donors (Lipinski definition) is 1. The fourth-order valence-electron chi connectivity index (χ4n) is 2.04. The maximum absolute atomic E-state index is 6.33. The van der Waals surface area contributed by atoms with Gasteiger partial charge in [0.1, 0.15) is 0 Å². The summed E-state index contributed by atoms with van der Waals surface area (Å²) in [6.07, 6.45) is 3.88. The maximum Gasteiger partial charge on any atom is 0.0964 e. The van der Waals surface area contributed by atoms with E-state index in [9.17, 15) is 0 Å². The molecule has 2 rings (SSSR count). The minimum atomic E-state index is 0.586. The minimum Gasteiger partial charge on any atom is -0.311 e. The lowest BCUT2D eigenvalue weighted by Crippen LogP contribution is -2.14. The zero-order chi connectivity index (χ0) is 14.5. The van der Waals surface area contributed by atoms with Crippen molar-refractivity contribution in [2.75, 3.05) is 6.54 Å². The number of aromatic nitrogens is 5. The van der Waals surface area contributed by atoms with Gasteiger partial charge in [-0.3, -0.25) is 4.68 Å². The van der Waals surface area contributed by atoms with Gasteiger partial charge in [0.2, 0.25) is 0 Å². The van der Waals surface area contributed by atoms with E-state index < -0.39 is 0 Å². The second-order valence-electron chi connectivity index (χ2n) is 4.77. The molecule has 0 atom stereocenters. The van der Waals surface area contributed by atoms with Crippen LogP contribution in [0.4, 0.5) is 0 Å². The van der Waals surface area contributed by atoms with Crippen LogP contribution in [0.2, 0.25) is 5.02 Å². The number of hydrogen-bond acceptors (Lipinski definition) is 4. The number of nitrogens with zero attached hydrogens (tertiary/aromatic N) is 5. The molecule has 0 aliphatic rings. The van der Waals surface area contributed by atoms with Crippen molar-refractivity contribution < 1.29 is 0 Å². The van der Waals surface area contributed by atoms with Crippen molar-refractivity contribution in [3.63, 3.8) is 0 Å². The lowest BCUT2D eigenvalue weighted by Gasteiger charge is -2.02. The highest BCUT2D eigenvalue weighted by atomic mass is 35.5. The number of nitrogens with one attached hydrogen (secondary N) is 1. The lowest BCUT2D eigenvalue weighted by molar-refractivity contribution is 0.598. The summed E-state index contributed by atoms with van der Waals surface area (Å²) in [7, 11) is 1.90. The Morgan fingerprint density at radius 2 is 2.15 bits per heavy atom. The molecule has 7 heteroatoms. The Balaban J connectivity index is 2.05. The summed E-state index contributed by atoms with van der Waals surface area (Å²) in [5, 5.41) is 16.7. The van der Waals surface area contributed by atoms with Gasteiger partial charge in [-0.05, 0) is 19.4 Å². The number of halogens is 1. The Kier molecular flexibility index (Phi) is 5.14. The second-order valence-corrected chi connectivity index (χ2v) is 5.15. The van der Waals surface area contributed by atoms with Crippen molar-refractivity contribution in [1.29, 1.82) is 0 Å². The molecule has 0 aliphatic carbocycles. The Labute approximate surface area is 124 Å². The molecule has 0 saturated carbocycles. The first-order chi connectivity index (χ1) is 9.65. The molecular formula is C13H21ClN6. The van der Waals surface area contributed by atoms with Gasteiger partial charge < -0.3 is 5.32 Å². The molecule has 0 radical (unpaired) electrons. The summed E-state index contributed by atoms with van der Waals surface area (Å²) in [4.78, 5) is 0. The summed E-state index contributed by atoms with van der Waals surface area (Å²) in [5.41, 5.74) is 2.82. The minimum absolute atomic E-state index is 0.586. The number of aryl methyl sites for hydroxylation is 2. The van der Waals surface area contributed by atoms with Crippen LogP contribution in [-0.4, -0.2) is 31.3 Å². The molecule has 0 fully saturated rings. The van der Waals surface area contributed by atoms with E-state index in [1.807, 2.05) is 24.9 Å². The molecule has 2 heterocycles. The zero-order valence-electron chi connectivity index (χ0n) is 12.2. The van der Waals surface area contributed by atoms with Crippen molar-refractivity contribution in [1.82, 2.24) is 30.1 Å². The molecule has 0 spiro atoms. The zero-order valence-corrected chi connectivity index (χ0v) is 13.0. The lowest BCUT2D eigenvalue weighted by atomic mass is 10.3. The predicted molar refractivity (Wildman–Crippen MR) is 78.7 cm³/mol. The van der Waals surface area contributed by atoms with Crippen LogP contribution in [0.3, 0.4) is 0 Å². The highest BCUT2D eigenvalue weighted by Crippen LogP contribution is 2.21. The van der Waals surface area contributed by atoms with Crippen LogP contribution >= 0.6 is 11.6 Å². The van der Waals surface area contributed by atoms with Gasteiger partial charge in [0, 0.05) is 13.6 Å². The summed E-state index contributed by atoms with van der Waals surface area (Å²) >= 11 is 6.33. The van der Waals surface area contributed by atoms with Crippen LogP contribution in [0.5, 0.6) is 0 Å². The van der Waals surface area contributed by atoms with Gasteiger partial charge in [0.15, 0.2) is 0 Å². The van der Waals surface area contributed by atoms with Crippen molar-refractivity contribution in [3.05, 3.63) is 28.3 Å². The number of rotatable bonds is 7. The first-order valence-corrected chi connectivity index (χ1v) is 7.33. The summed E-state index contributed by atoms with van der Waals surface area (Å²) < 4.78 is 3.61. The van der Waals surface area contributed by atoms with Crippen LogP contribution in [0.25, 0.3) is 0 Å². The van der Waals surface area contributed by atoms with Crippen LogP contribution in [0.15, 0.2) is 6.20 Å². The Morgan fingerprint density at radius 1 is 1.35 bits per heavy atom. The quantitative estimate of drug-likeness (QED) is 0.791. The van der Waals surface area contributed by atoms with E-state index in [0.717, 1.165) is 48.0 Å².